The molecule has 18 heavy (non-hydrogen) atoms. The molecule has 0 aliphatic carbocycles. The number of nitrogens with zero attached hydrogens (tertiary/aromatic N) is 2. The van der Waals surface area contributed by atoms with Gasteiger partial charge in [-0.05, 0) is 36.4 Å². The summed E-state index contributed by atoms with van der Waals surface area (Å²) in [6.45, 7) is 2.00. The third-order valence-electron chi connectivity index (χ3n) is 2.56. The average molecular weight is 261 g/mol. The minimum atomic E-state index is -0.0250. The Morgan fingerprint density at radius 1 is 1.22 bits per heavy atom. The van der Waals surface area contributed by atoms with E-state index in [0.717, 1.165) is 11.4 Å². The SMILES string of the molecule is CC(=O)N(Cc1ccccn1)c1ccc(Cl)cc1. The molecule has 0 fully saturated rings. The lowest BCUT2D eigenvalue weighted by atomic mass is 10.2. The maximum atomic E-state index is 11.7. The zero-order valence-electron chi connectivity index (χ0n) is 10.0. The van der Waals surface area contributed by atoms with Crippen LogP contribution in [-0.4, -0.2) is 10.9 Å². The molecule has 0 aliphatic heterocycles. The molecule has 0 saturated carbocycles. The molecule has 1 amide bonds. The Bertz CT molecular complexity index is 525. The highest BCUT2D eigenvalue weighted by atomic mass is 35.5. The van der Waals surface area contributed by atoms with Crippen molar-refractivity contribution in [3.8, 4) is 0 Å². The van der Waals surface area contributed by atoms with Gasteiger partial charge in [0.1, 0.15) is 0 Å². The van der Waals surface area contributed by atoms with Gasteiger partial charge in [0.05, 0.1) is 12.2 Å². The van der Waals surface area contributed by atoms with Crippen LogP contribution in [0, 0.1) is 0 Å². The van der Waals surface area contributed by atoms with E-state index in [2.05, 4.69) is 4.98 Å². The normalized spacial score (nSPS) is 10.1. The van der Waals surface area contributed by atoms with Gasteiger partial charge in [0, 0.05) is 23.8 Å². The number of pyridine rings is 1. The number of aromatic nitrogens is 1. The number of halogens is 1. The molecule has 0 aliphatic rings. The molecule has 0 bridgehead atoms. The van der Waals surface area contributed by atoms with Crippen LogP contribution in [0.1, 0.15) is 12.6 Å². The van der Waals surface area contributed by atoms with Gasteiger partial charge in [-0.3, -0.25) is 9.78 Å². The van der Waals surface area contributed by atoms with Crippen molar-refractivity contribution in [3.63, 3.8) is 0 Å². The van der Waals surface area contributed by atoms with Gasteiger partial charge in [-0.25, -0.2) is 0 Å². The van der Waals surface area contributed by atoms with Gasteiger partial charge >= 0.3 is 0 Å². The van der Waals surface area contributed by atoms with Crippen molar-refractivity contribution in [1.82, 2.24) is 4.98 Å². The van der Waals surface area contributed by atoms with Crippen molar-refractivity contribution in [2.45, 2.75) is 13.5 Å². The highest BCUT2D eigenvalue weighted by Gasteiger charge is 2.12. The molecule has 3 nitrogen and oxygen atoms in total. The molecule has 0 radical (unpaired) electrons. The topological polar surface area (TPSA) is 33.2 Å². The van der Waals surface area contributed by atoms with E-state index in [-0.39, 0.29) is 5.91 Å². The molecule has 4 heteroatoms. The number of carbonyl (C=O) groups is 1. The van der Waals surface area contributed by atoms with Crippen LogP contribution in [0.4, 0.5) is 5.69 Å². The average Bonchev–Trinajstić information content (AvgIpc) is 2.38. The molecule has 0 spiro atoms. The first-order valence-corrected chi connectivity index (χ1v) is 5.98. The molecule has 1 aromatic carbocycles. The molecule has 2 aromatic rings. The molecule has 0 atom stereocenters. The molecular weight excluding hydrogens is 248 g/mol. The van der Waals surface area contributed by atoms with Crippen molar-refractivity contribution in [1.29, 1.82) is 0 Å². The fourth-order valence-corrected chi connectivity index (χ4v) is 1.79. The van der Waals surface area contributed by atoms with Crippen molar-refractivity contribution >= 4 is 23.2 Å². The van der Waals surface area contributed by atoms with Crippen molar-refractivity contribution < 1.29 is 4.79 Å². The number of anilines is 1. The summed E-state index contributed by atoms with van der Waals surface area (Å²) in [7, 11) is 0. The maximum Gasteiger partial charge on any atom is 0.224 e. The zero-order valence-corrected chi connectivity index (χ0v) is 10.8. The van der Waals surface area contributed by atoms with Crippen LogP contribution in [0.25, 0.3) is 0 Å². The van der Waals surface area contributed by atoms with E-state index in [1.165, 1.54) is 6.92 Å². The Hall–Kier alpha value is -1.87. The van der Waals surface area contributed by atoms with Crippen molar-refractivity contribution in [2.75, 3.05) is 4.90 Å². The van der Waals surface area contributed by atoms with Gasteiger partial charge in [-0.1, -0.05) is 17.7 Å². The minimum Gasteiger partial charge on any atom is -0.307 e. The number of hydrogen-bond donors (Lipinski definition) is 0. The molecule has 2 rings (SSSR count). The second-order valence-electron chi connectivity index (χ2n) is 3.90. The number of amides is 1. The lowest BCUT2D eigenvalue weighted by molar-refractivity contribution is -0.116. The van der Waals surface area contributed by atoms with Crippen LogP contribution >= 0.6 is 11.6 Å². The largest absolute Gasteiger partial charge is 0.307 e. The quantitative estimate of drug-likeness (QED) is 0.848. The number of hydrogen-bond acceptors (Lipinski definition) is 2. The second-order valence-corrected chi connectivity index (χ2v) is 4.34. The lowest BCUT2D eigenvalue weighted by Gasteiger charge is -2.20. The second kappa shape index (κ2) is 5.65. The highest BCUT2D eigenvalue weighted by Crippen LogP contribution is 2.19. The molecule has 0 unspecified atom stereocenters. The van der Waals surface area contributed by atoms with E-state index < -0.39 is 0 Å². The molecule has 92 valence electrons. The van der Waals surface area contributed by atoms with Gasteiger partial charge < -0.3 is 4.90 Å². The predicted molar refractivity (Wildman–Crippen MR) is 72.6 cm³/mol. The molecule has 1 heterocycles. The lowest BCUT2D eigenvalue weighted by Crippen LogP contribution is -2.28. The van der Waals surface area contributed by atoms with E-state index in [4.69, 9.17) is 11.6 Å². The summed E-state index contributed by atoms with van der Waals surface area (Å²) in [5.74, 6) is -0.0250. The third-order valence-corrected chi connectivity index (χ3v) is 2.82. The van der Waals surface area contributed by atoms with Crippen LogP contribution in [-0.2, 0) is 11.3 Å². The summed E-state index contributed by atoms with van der Waals surface area (Å²) in [6.07, 6.45) is 1.72. The summed E-state index contributed by atoms with van der Waals surface area (Å²) in [5.41, 5.74) is 1.67. The summed E-state index contributed by atoms with van der Waals surface area (Å²) >= 11 is 5.84. The Kier molecular flexibility index (Phi) is 3.95. The monoisotopic (exact) mass is 260 g/mol. The number of benzene rings is 1. The third kappa shape index (κ3) is 3.08. The Balaban J connectivity index is 2.24. The van der Waals surface area contributed by atoms with Gasteiger partial charge in [-0.2, -0.15) is 0 Å². The van der Waals surface area contributed by atoms with Crippen LogP contribution in [0.3, 0.4) is 0 Å². The number of carbonyl (C=O) groups excluding carboxylic acids is 1. The molecule has 0 N–H and O–H groups in total. The van der Waals surface area contributed by atoms with Gasteiger partial charge in [0.2, 0.25) is 5.91 Å². The van der Waals surface area contributed by atoms with Gasteiger partial charge in [0.15, 0.2) is 0 Å². The Morgan fingerprint density at radius 2 is 1.94 bits per heavy atom. The van der Waals surface area contributed by atoms with Crippen molar-refractivity contribution in [2.24, 2.45) is 0 Å². The maximum absolute atomic E-state index is 11.7. The van der Waals surface area contributed by atoms with Gasteiger partial charge in [-0.15, -0.1) is 0 Å². The van der Waals surface area contributed by atoms with Crippen LogP contribution < -0.4 is 4.90 Å². The van der Waals surface area contributed by atoms with E-state index in [1.807, 2.05) is 30.3 Å². The first kappa shape index (κ1) is 12.6. The zero-order chi connectivity index (χ0) is 13.0. The van der Waals surface area contributed by atoms with Crippen LogP contribution in [0.5, 0.6) is 0 Å². The van der Waals surface area contributed by atoms with E-state index in [0.29, 0.717) is 11.6 Å². The number of rotatable bonds is 3. The Morgan fingerprint density at radius 3 is 2.50 bits per heavy atom. The summed E-state index contributed by atoms with van der Waals surface area (Å²) in [5, 5.41) is 0.653. The van der Waals surface area contributed by atoms with E-state index in [9.17, 15) is 4.79 Å². The summed E-state index contributed by atoms with van der Waals surface area (Å²) < 4.78 is 0. The Labute approximate surface area is 111 Å². The van der Waals surface area contributed by atoms with E-state index >= 15 is 0 Å². The molecular formula is C14H13ClN2O. The van der Waals surface area contributed by atoms with Crippen molar-refractivity contribution in [3.05, 3.63) is 59.4 Å². The summed E-state index contributed by atoms with van der Waals surface area (Å²) in [6, 6.07) is 12.8. The molecule has 1 aromatic heterocycles. The standard InChI is InChI=1S/C14H13ClN2O/c1-11(18)17(10-13-4-2-3-9-16-13)14-7-5-12(15)6-8-14/h2-9H,10H2,1H3. The van der Waals surface area contributed by atoms with Crippen LogP contribution in [0.15, 0.2) is 48.7 Å². The first-order valence-electron chi connectivity index (χ1n) is 5.60. The van der Waals surface area contributed by atoms with Crippen LogP contribution in [0.2, 0.25) is 5.02 Å². The minimum absolute atomic E-state index is 0.0250. The van der Waals surface area contributed by atoms with Gasteiger partial charge in [0.25, 0.3) is 0 Å². The fourth-order valence-electron chi connectivity index (χ4n) is 1.66. The highest BCUT2D eigenvalue weighted by molar-refractivity contribution is 6.30. The first-order chi connectivity index (χ1) is 8.66. The van der Waals surface area contributed by atoms with E-state index in [1.54, 1.807) is 23.2 Å². The fraction of sp³-hybridized carbons (Fsp3) is 0.143. The summed E-state index contributed by atoms with van der Waals surface area (Å²) in [4.78, 5) is 17.6. The smallest absolute Gasteiger partial charge is 0.224 e. The predicted octanol–water partition coefficient (Wildman–Crippen LogP) is 3.29. The molecule has 0 saturated heterocycles.